The van der Waals surface area contributed by atoms with Crippen LogP contribution in [0.15, 0.2) is 41.6 Å². The van der Waals surface area contributed by atoms with Gasteiger partial charge in [0, 0.05) is 17.8 Å². The molecular weight excluding hydrogens is 356 g/mol. The molecule has 2 N–H and O–H groups in total. The lowest BCUT2D eigenvalue weighted by atomic mass is 10.1. The molecule has 0 atom stereocenters. The fraction of sp³-hybridized carbons (Fsp3) is 0.176. The van der Waals surface area contributed by atoms with Crippen molar-refractivity contribution in [2.75, 3.05) is 18.2 Å². The summed E-state index contributed by atoms with van der Waals surface area (Å²) in [6.45, 7) is 1.69. The van der Waals surface area contributed by atoms with Crippen LogP contribution in [0.4, 0.5) is 11.4 Å². The van der Waals surface area contributed by atoms with Gasteiger partial charge in [-0.1, -0.05) is 23.9 Å². The maximum Gasteiger partial charge on any atom is 0.311 e. The predicted octanol–water partition coefficient (Wildman–Crippen LogP) is 3.52. The number of amides is 1. The van der Waals surface area contributed by atoms with Gasteiger partial charge in [-0.05, 0) is 24.6 Å². The zero-order chi connectivity index (χ0) is 18.7. The van der Waals surface area contributed by atoms with Crippen LogP contribution in [0.5, 0.6) is 5.75 Å². The van der Waals surface area contributed by atoms with E-state index in [9.17, 15) is 14.9 Å². The summed E-state index contributed by atoms with van der Waals surface area (Å²) in [6, 6.07) is 10.4. The smallest absolute Gasteiger partial charge is 0.311 e. The average Bonchev–Trinajstić information content (AvgIpc) is 3.04. The summed E-state index contributed by atoms with van der Waals surface area (Å²) in [5.74, 6) is 0.00811. The van der Waals surface area contributed by atoms with E-state index < -0.39 is 4.92 Å². The number of nitrogens with one attached hydrogen (secondary N) is 2. The van der Waals surface area contributed by atoms with E-state index in [2.05, 4.69) is 15.3 Å². The lowest BCUT2D eigenvalue weighted by molar-refractivity contribution is -0.385. The monoisotopic (exact) mass is 372 g/mol. The third kappa shape index (κ3) is 3.77. The molecule has 0 unspecified atom stereocenters. The highest BCUT2D eigenvalue weighted by atomic mass is 32.2. The van der Waals surface area contributed by atoms with E-state index in [1.807, 2.05) is 24.3 Å². The molecular formula is C17H16N4O4S. The fourth-order valence-corrected chi connectivity index (χ4v) is 3.12. The molecule has 2 aromatic carbocycles. The topological polar surface area (TPSA) is 110 Å². The summed E-state index contributed by atoms with van der Waals surface area (Å²) in [6.07, 6.45) is 0. The highest BCUT2D eigenvalue weighted by Gasteiger charge is 2.18. The Hall–Kier alpha value is -3.07. The molecule has 0 aliphatic rings. The van der Waals surface area contributed by atoms with Gasteiger partial charge >= 0.3 is 5.69 Å². The standard InChI is InChI=1S/C17H16N4O4S/c1-10-7-14(21(23)24)15(25-2)8-13(10)18-16(22)9-26-17-19-11-5-3-4-6-12(11)20-17/h3-8H,9H2,1-2H3,(H,18,22)(H,19,20). The van der Waals surface area contributed by atoms with Gasteiger partial charge in [-0.25, -0.2) is 4.98 Å². The van der Waals surface area contributed by atoms with E-state index in [4.69, 9.17) is 4.74 Å². The molecule has 0 bridgehead atoms. The molecule has 0 fully saturated rings. The summed E-state index contributed by atoms with van der Waals surface area (Å²) in [5.41, 5.74) is 2.67. The van der Waals surface area contributed by atoms with Crippen molar-refractivity contribution in [1.82, 2.24) is 9.97 Å². The molecule has 9 heteroatoms. The van der Waals surface area contributed by atoms with E-state index in [0.29, 0.717) is 16.4 Å². The Kier molecular flexibility index (Phi) is 5.08. The minimum absolute atomic E-state index is 0.0980. The van der Waals surface area contributed by atoms with Crippen LogP contribution in [-0.2, 0) is 4.79 Å². The van der Waals surface area contributed by atoms with E-state index >= 15 is 0 Å². The van der Waals surface area contributed by atoms with Gasteiger partial charge < -0.3 is 15.0 Å². The molecule has 0 saturated carbocycles. The van der Waals surface area contributed by atoms with Gasteiger partial charge in [0.1, 0.15) is 0 Å². The number of nitrogens with zero attached hydrogens (tertiary/aromatic N) is 2. The van der Waals surface area contributed by atoms with Crippen LogP contribution in [0.3, 0.4) is 0 Å². The number of para-hydroxylation sites is 2. The summed E-state index contributed by atoms with van der Waals surface area (Å²) in [7, 11) is 1.35. The highest BCUT2D eigenvalue weighted by molar-refractivity contribution is 7.99. The molecule has 0 aliphatic heterocycles. The molecule has 8 nitrogen and oxygen atoms in total. The maximum absolute atomic E-state index is 12.2. The van der Waals surface area contributed by atoms with Crippen LogP contribution < -0.4 is 10.1 Å². The molecule has 3 aromatic rings. The van der Waals surface area contributed by atoms with E-state index in [1.54, 1.807) is 6.92 Å². The van der Waals surface area contributed by atoms with Crippen LogP contribution in [0.25, 0.3) is 11.0 Å². The molecule has 0 aliphatic carbocycles. The Morgan fingerprint density at radius 2 is 2.15 bits per heavy atom. The molecule has 1 heterocycles. The maximum atomic E-state index is 12.2. The van der Waals surface area contributed by atoms with Gasteiger partial charge in [-0.3, -0.25) is 14.9 Å². The minimum Gasteiger partial charge on any atom is -0.490 e. The van der Waals surface area contributed by atoms with Gasteiger partial charge in [0.2, 0.25) is 5.91 Å². The Morgan fingerprint density at radius 3 is 2.85 bits per heavy atom. The number of rotatable bonds is 6. The van der Waals surface area contributed by atoms with Crippen molar-refractivity contribution in [2.45, 2.75) is 12.1 Å². The lowest BCUT2D eigenvalue weighted by Crippen LogP contribution is -2.15. The third-order valence-corrected chi connectivity index (χ3v) is 4.58. The summed E-state index contributed by atoms with van der Waals surface area (Å²) < 4.78 is 5.03. The minimum atomic E-state index is -0.519. The van der Waals surface area contributed by atoms with E-state index in [-0.39, 0.29) is 23.1 Å². The number of aryl methyl sites for hydroxylation is 1. The van der Waals surface area contributed by atoms with Crippen LogP contribution in [0.1, 0.15) is 5.56 Å². The molecule has 0 spiro atoms. The van der Waals surface area contributed by atoms with E-state index in [0.717, 1.165) is 11.0 Å². The predicted molar refractivity (Wildman–Crippen MR) is 99.8 cm³/mol. The second-order valence-electron chi connectivity index (χ2n) is 5.49. The largest absolute Gasteiger partial charge is 0.490 e. The first-order valence-electron chi connectivity index (χ1n) is 7.68. The first-order chi connectivity index (χ1) is 12.5. The zero-order valence-corrected chi connectivity index (χ0v) is 14.9. The SMILES string of the molecule is COc1cc(NC(=O)CSc2nc3ccccc3[nH]2)c(C)cc1[N+](=O)[O-]. The molecule has 3 rings (SSSR count). The zero-order valence-electron chi connectivity index (χ0n) is 14.1. The van der Waals surface area contributed by atoms with E-state index in [1.165, 1.54) is 31.0 Å². The quantitative estimate of drug-likeness (QED) is 0.389. The second kappa shape index (κ2) is 7.44. The number of methoxy groups -OCH3 is 1. The van der Waals surface area contributed by atoms with Crippen LogP contribution >= 0.6 is 11.8 Å². The number of hydrogen-bond donors (Lipinski definition) is 2. The molecule has 134 valence electrons. The first-order valence-corrected chi connectivity index (χ1v) is 8.67. The van der Waals surface area contributed by atoms with Gasteiger partial charge in [-0.2, -0.15) is 0 Å². The molecule has 26 heavy (non-hydrogen) atoms. The number of fused-ring (bicyclic) bond motifs is 1. The van der Waals surface area contributed by atoms with Gasteiger partial charge in [0.15, 0.2) is 10.9 Å². The van der Waals surface area contributed by atoms with Crippen molar-refractivity contribution in [2.24, 2.45) is 0 Å². The van der Waals surface area contributed by atoms with Crippen molar-refractivity contribution >= 4 is 40.1 Å². The van der Waals surface area contributed by atoms with Crippen molar-refractivity contribution in [3.05, 3.63) is 52.1 Å². The highest BCUT2D eigenvalue weighted by Crippen LogP contribution is 2.32. The lowest BCUT2D eigenvalue weighted by Gasteiger charge is -2.10. The Balaban J connectivity index is 1.68. The van der Waals surface area contributed by atoms with Crippen molar-refractivity contribution < 1.29 is 14.5 Å². The number of imidazole rings is 1. The number of thioether (sulfide) groups is 1. The van der Waals surface area contributed by atoms with Crippen molar-refractivity contribution in [3.8, 4) is 5.75 Å². The average molecular weight is 372 g/mol. The number of hydrogen-bond acceptors (Lipinski definition) is 6. The number of anilines is 1. The number of benzene rings is 2. The number of carbonyl (C=O) groups is 1. The van der Waals surface area contributed by atoms with Gasteiger partial charge in [-0.15, -0.1) is 0 Å². The molecule has 1 aromatic heterocycles. The Morgan fingerprint density at radius 1 is 1.38 bits per heavy atom. The number of aromatic nitrogens is 2. The number of nitro groups is 1. The summed E-state index contributed by atoms with van der Waals surface area (Å²) in [5, 5.41) is 14.4. The number of H-pyrrole nitrogens is 1. The Bertz CT molecular complexity index is 953. The number of ether oxygens (including phenoxy) is 1. The number of nitro benzene ring substituents is 1. The summed E-state index contributed by atoms with van der Waals surface area (Å²) >= 11 is 1.28. The number of carbonyl (C=O) groups excluding carboxylic acids is 1. The van der Waals surface area contributed by atoms with Gasteiger partial charge in [0.05, 0.1) is 28.8 Å². The van der Waals surface area contributed by atoms with Crippen molar-refractivity contribution in [1.29, 1.82) is 0 Å². The first kappa shape index (κ1) is 17.7. The Labute approximate surface area is 153 Å². The molecule has 1 amide bonds. The number of aromatic amines is 1. The normalized spacial score (nSPS) is 10.7. The van der Waals surface area contributed by atoms with Gasteiger partial charge in [0.25, 0.3) is 0 Å². The molecule has 0 radical (unpaired) electrons. The summed E-state index contributed by atoms with van der Waals surface area (Å²) in [4.78, 5) is 30.3. The second-order valence-corrected chi connectivity index (χ2v) is 6.46. The van der Waals surface area contributed by atoms with Crippen LogP contribution in [0, 0.1) is 17.0 Å². The van der Waals surface area contributed by atoms with Crippen molar-refractivity contribution in [3.63, 3.8) is 0 Å². The third-order valence-electron chi connectivity index (χ3n) is 3.70. The molecule has 0 saturated heterocycles. The van der Waals surface area contributed by atoms with Crippen LogP contribution in [-0.4, -0.2) is 33.7 Å². The fourth-order valence-electron chi connectivity index (χ4n) is 2.43. The van der Waals surface area contributed by atoms with Crippen LogP contribution in [0.2, 0.25) is 0 Å².